The van der Waals surface area contributed by atoms with Crippen molar-refractivity contribution < 1.29 is 9.53 Å². The van der Waals surface area contributed by atoms with Gasteiger partial charge in [-0.1, -0.05) is 6.07 Å². The molecule has 0 aliphatic carbocycles. The number of methoxy groups -OCH3 is 1. The summed E-state index contributed by atoms with van der Waals surface area (Å²) in [4.78, 5) is 12.6. The van der Waals surface area contributed by atoms with E-state index in [4.69, 9.17) is 10.5 Å². The van der Waals surface area contributed by atoms with Gasteiger partial charge in [-0.3, -0.25) is 4.79 Å². The van der Waals surface area contributed by atoms with Crippen molar-refractivity contribution in [2.24, 2.45) is 0 Å². The molecule has 104 valence electrons. The molecule has 0 heterocycles. The van der Waals surface area contributed by atoms with E-state index in [2.05, 4.69) is 0 Å². The number of hydrogen-bond donors (Lipinski definition) is 1. The fourth-order valence-electron chi connectivity index (χ4n) is 2.29. The molecule has 2 aromatic carbocycles. The summed E-state index contributed by atoms with van der Waals surface area (Å²) in [6.07, 6.45) is 0. The summed E-state index contributed by atoms with van der Waals surface area (Å²) in [7, 11) is 1.62. The van der Waals surface area contributed by atoms with Crippen LogP contribution >= 0.6 is 0 Å². The summed E-state index contributed by atoms with van der Waals surface area (Å²) in [6, 6.07) is 9.14. The average molecular weight is 269 g/mol. The Morgan fingerprint density at radius 3 is 2.30 bits per heavy atom. The molecule has 0 aliphatic heterocycles. The number of anilines is 1. The third kappa shape index (κ3) is 2.52. The molecule has 2 aromatic rings. The van der Waals surface area contributed by atoms with E-state index in [1.165, 1.54) is 0 Å². The lowest BCUT2D eigenvalue weighted by Gasteiger charge is -2.10. The Labute approximate surface area is 119 Å². The van der Waals surface area contributed by atoms with Crippen LogP contribution in [0.5, 0.6) is 5.75 Å². The van der Waals surface area contributed by atoms with E-state index < -0.39 is 0 Å². The largest absolute Gasteiger partial charge is 0.496 e. The zero-order chi connectivity index (χ0) is 14.9. The van der Waals surface area contributed by atoms with Crippen LogP contribution < -0.4 is 10.5 Å². The highest BCUT2D eigenvalue weighted by Crippen LogP contribution is 2.24. The molecule has 0 saturated carbocycles. The zero-order valence-corrected chi connectivity index (χ0v) is 12.3. The zero-order valence-electron chi connectivity index (χ0n) is 12.3. The molecule has 0 radical (unpaired) electrons. The Morgan fingerprint density at radius 1 is 1.00 bits per heavy atom. The summed E-state index contributed by atoms with van der Waals surface area (Å²) in [5.74, 6) is 0.765. The molecule has 0 aliphatic rings. The van der Waals surface area contributed by atoms with Gasteiger partial charge in [-0.25, -0.2) is 0 Å². The highest BCUT2D eigenvalue weighted by atomic mass is 16.5. The Morgan fingerprint density at radius 2 is 1.70 bits per heavy atom. The second-order valence-electron chi connectivity index (χ2n) is 5.04. The van der Waals surface area contributed by atoms with Gasteiger partial charge in [0, 0.05) is 16.8 Å². The van der Waals surface area contributed by atoms with Crippen molar-refractivity contribution in [3.63, 3.8) is 0 Å². The van der Waals surface area contributed by atoms with Gasteiger partial charge in [0.05, 0.1) is 7.11 Å². The molecule has 0 unspecified atom stereocenters. The van der Waals surface area contributed by atoms with Gasteiger partial charge in [-0.2, -0.15) is 0 Å². The van der Waals surface area contributed by atoms with Gasteiger partial charge in [0.15, 0.2) is 5.78 Å². The van der Waals surface area contributed by atoms with Crippen LogP contribution in [0.15, 0.2) is 30.3 Å². The third-order valence-electron chi connectivity index (χ3n) is 3.51. The number of carbonyl (C=O) groups excluding carboxylic acids is 1. The first-order chi connectivity index (χ1) is 9.43. The highest BCUT2D eigenvalue weighted by molar-refractivity contribution is 6.10. The summed E-state index contributed by atoms with van der Waals surface area (Å²) in [5.41, 5.74) is 10.7. The topological polar surface area (TPSA) is 52.3 Å². The lowest BCUT2D eigenvalue weighted by Crippen LogP contribution is -2.06. The van der Waals surface area contributed by atoms with Crippen molar-refractivity contribution in [3.05, 3.63) is 58.1 Å². The molecule has 0 saturated heterocycles. The molecule has 0 atom stereocenters. The van der Waals surface area contributed by atoms with Gasteiger partial charge >= 0.3 is 0 Å². The van der Waals surface area contributed by atoms with Gasteiger partial charge in [-0.15, -0.1) is 0 Å². The maximum absolute atomic E-state index is 12.6. The minimum Gasteiger partial charge on any atom is -0.496 e. The number of benzene rings is 2. The molecule has 2 N–H and O–H groups in total. The number of ketones is 1. The molecule has 0 aromatic heterocycles. The summed E-state index contributed by atoms with van der Waals surface area (Å²) in [5, 5.41) is 0. The number of nitrogen functional groups attached to an aromatic ring is 1. The molecule has 20 heavy (non-hydrogen) atoms. The third-order valence-corrected chi connectivity index (χ3v) is 3.51. The second kappa shape index (κ2) is 5.37. The predicted molar refractivity (Wildman–Crippen MR) is 81.5 cm³/mol. The van der Waals surface area contributed by atoms with E-state index in [0.29, 0.717) is 16.8 Å². The molecule has 0 fully saturated rings. The van der Waals surface area contributed by atoms with Gasteiger partial charge < -0.3 is 10.5 Å². The van der Waals surface area contributed by atoms with Crippen LogP contribution in [0.1, 0.15) is 32.6 Å². The quantitative estimate of drug-likeness (QED) is 0.686. The molecular weight excluding hydrogens is 250 g/mol. The van der Waals surface area contributed by atoms with Crippen LogP contribution in [0, 0.1) is 20.8 Å². The van der Waals surface area contributed by atoms with Crippen molar-refractivity contribution in [1.29, 1.82) is 0 Å². The molecule has 2 rings (SSSR count). The van der Waals surface area contributed by atoms with E-state index in [-0.39, 0.29) is 5.78 Å². The fourth-order valence-corrected chi connectivity index (χ4v) is 2.29. The van der Waals surface area contributed by atoms with Gasteiger partial charge in [-0.05, 0) is 61.7 Å². The van der Waals surface area contributed by atoms with E-state index in [1.54, 1.807) is 19.2 Å². The van der Waals surface area contributed by atoms with Crippen LogP contribution in [-0.4, -0.2) is 12.9 Å². The Kier molecular flexibility index (Phi) is 3.79. The van der Waals surface area contributed by atoms with Crippen LogP contribution in [0.2, 0.25) is 0 Å². The fraction of sp³-hybridized carbons (Fsp3) is 0.235. The predicted octanol–water partition coefficient (Wildman–Crippen LogP) is 3.43. The number of rotatable bonds is 3. The number of hydrogen-bond acceptors (Lipinski definition) is 3. The lowest BCUT2D eigenvalue weighted by atomic mass is 9.95. The maximum atomic E-state index is 12.6. The maximum Gasteiger partial charge on any atom is 0.193 e. The average Bonchev–Trinajstić information content (AvgIpc) is 2.42. The molecule has 3 heteroatoms. The van der Waals surface area contributed by atoms with Crippen molar-refractivity contribution in [3.8, 4) is 5.75 Å². The smallest absolute Gasteiger partial charge is 0.193 e. The van der Waals surface area contributed by atoms with E-state index in [0.717, 1.165) is 22.4 Å². The molecule has 0 spiro atoms. The first kappa shape index (κ1) is 14.1. The SMILES string of the molecule is COc1ccc(C(=O)c2cc(N)c(C)cc2C)cc1C. The first-order valence-electron chi connectivity index (χ1n) is 6.50. The lowest BCUT2D eigenvalue weighted by molar-refractivity contribution is 0.103. The molecule has 0 bridgehead atoms. The minimum atomic E-state index is -0.0139. The second-order valence-corrected chi connectivity index (χ2v) is 5.04. The molecular formula is C17H19NO2. The van der Waals surface area contributed by atoms with Crippen molar-refractivity contribution in [2.75, 3.05) is 12.8 Å². The first-order valence-corrected chi connectivity index (χ1v) is 6.50. The summed E-state index contributed by atoms with van der Waals surface area (Å²) in [6.45, 7) is 5.79. The van der Waals surface area contributed by atoms with Crippen LogP contribution in [0.3, 0.4) is 0 Å². The van der Waals surface area contributed by atoms with Crippen molar-refractivity contribution in [1.82, 2.24) is 0 Å². The molecule has 3 nitrogen and oxygen atoms in total. The van der Waals surface area contributed by atoms with Crippen molar-refractivity contribution in [2.45, 2.75) is 20.8 Å². The Hall–Kier alpha value is -2.29. The van der Waals surface area contributed by atoms with E-state index in [9.17, 15) is 4.79 Å². The standard InChI is InChI=1S/C17H19NO2/c1-10-7-11(2)15(18)9-14(10)17(19)13-5-6-16(20-4)12(3)8-13/h5-9H,18H2,1-4H3. The van der Waals surface area contributed by atoms with Crippen LogP contribution in [0.4, 0.5) is 5.69 Å². The van der Waals surface area contributed by atoms with E-state index in [1.807, 2.05) is 39.0 Å². The van der Waals surface area contributed by atoms with Crippen molar-refractivity contribution >= 4 is 11.5 Å². The number of nitrogens with two attached hydrogens (primary N) is 1. The van der Waals surface area contributed by atoms with Gasteiger partial charge in [0.1, 0.15) is 5.75 Å². The summed E-state index contributed by atoms with van der Waals surface area (Å²) >= 11 is 0. The monoisotopic (exact) mass is 269 g/mol. The van der Waals surface area contributed by atoms with Gasteiger partial charge in [0.25, 0.3) is 0 Å². The Bertz CT molecular complexity index is 675. The molecule has 0 amide bonds. The highest BCUT2D eigenvalue weighted by Gasteiger charge is 2.14. The number of carbonyl (C=O) groups is 1. The van der Waals surface area contributed by atoms with Crippen LogP contribution in [-0.2, 0) is 0 Å². The number of ether oxygens (including phenoxy) is 1. The summed E-state index contributed by atoms with van der Waals surface area (Å²) < 4.78 is 5.21. The van der Waals surface area contributed by atoms with E-state index >= 15 is 0 Å². The normalized spacial score (nSPS) is 10.4. The minimum absolute atomic E-state index is 0.0139. The number of aryl methyl sites for hydroxylation is 3. The van der Waals surface area contributed by atoms with Gasteiger partial charge in [0.2, 0.25) is 0 Å². The van der Waals surface area contributed by atoms with Crippen LogP contribution in [0.25, 0.3) is 0 Å². The Balaban J connectivity index is 2.46.